The van der Waals surface area contributed by atoms with Crippen molar-refractivity contribution in [1.82, 2.24) is 5.32 Å². The van der Waals surface area contributed by atoms with Gasteiger partial charge in [0.05, 0.1) is 6.10 Å². The van der Waals surface area contributed by atoms with Gasteiger partial charge in [0.25, 0.3) is 0 Å². The average molecular weight is 225 g/mol. The molecule has 0 spiro atoms. The molecule has 4 nitrogen and oxygen atoms in total. The van der Waals surface area contributed by atoms with Crippen molar-refractivity contribution < 1.29 is 15.3 Å². The van der Waals surface area contributed by atoms with Crippen molar-refractivity contribution in [2.24, 2.45) is 0 Å². The molecule has 1 aromatic rings. The number of aromatic hydroxyl groups is 2. The molecule has 2 atom stereocenters. The van der Waals surface area contributed by atoms with Gasteiger partial charge in [-0.2, -0.15) is 0 Å². The Kier molecular flexibility index (Phi) is 4.58. The van der Waals surface area contributed by atoms with Crippen LogP contribution in [0.15, 0.2) is 18.2 Å². The van der Waals surface area contributed by atoms with Crippen molar-refractivity contribution in [1.29, 1.82) is 0 Å². The second-order valence-corrected chi connectivity index (χ2v) is 3.97. The lowest BCUT2D eigenvalue weighted by atomic mass is 10.1. The van der Waals surface area contributed by atoms with Crippen LogP contribution in [0.5, 0.6) is 11.5 Å². The average Bonchev–Trinajstić information content (AvgIpc) is 2.23. The molecule has 0 heterocycles. The van der Waals surface area contributed by atoms with Crippen molar-refractivity contribution >= 4 is 0 Å². The highest BCUT2D eigenvalue weighted by Crippen LogP contribution is 2.24. The van der Waals surface area contributed by atoms with Crippen LogP contribution in [-0.4, -0.2) is 28.0 Å². The first kappa shape index (κ1) is 12.8. The van der Waals surface area contributed by atoms with Gasteiger partial charge in [0.15, 0.2) is 0 Å². The van der Waals surface area contributed by atoms with Crippen LogP contribution >= 0.6 is 0 Å². The summed E-state index contributed by atoms with van der Waals surface area (Å²) in [5, 5.41) is 31.2. The molecular formula is C12H19NO3. The number of hydrogen-bond acceptors (Lipinski definition) is 4. The molecule has 0 aromatic heterocycles. The minimum absolute atomic E-state index is 0.0285. The highest BCUT2D eigenvalue weighted by molar-refractivity contribution is 5.37. The van der Waals surface area contributed by atoms with E-state index in [1.165, 1.54) is 6.07 Å². The molecule has 16 heavy (non-hydrogen) atoms. The number of rotatable bonds is 5. The fourth-order valence-corrected chi connectivity index (χ4v) is 1.44. The number of nitrogens with one attached hydrogen (secondary N) is 1. The van der Waals surface area contributed by atoms with Gasteiger partial charge in [0, 0.05) is 18.7 Å². The minimum atomic E-state index is -0.367. The number of hydrogen-bond donors (Lipinski definition) is 4. The maximum Gasteiger partial charge on any atom is 0.119 e. The van der Waals surface area contributed by atoms with Gasteiger partial charge in [0.1, 0.15) is 11.5 Å². The molecule has 0 amide bonds. The number of aliphatic hydroxyl groups excluding tert-OH is 1. The summed E-state index contributed by atoms with van der Waals surface area (Å²) in [6.07, 6.45) is 0.332. The molecule has 4 N–H and O–H groups in total. The maximum absolute atomic E-state index is 9.40. The zero-order chi connectivity index (χ0) is 12.1. The van der Waals surface area contributed by atoms with Gasteiger partial charge in [-0.25, -0.2) is 0 Å². The molecule has 4 heteroatoms. The van der Waals surface area contributed by atoms with E-state index in [1.54, 1.807) is 12.1 Å². The number of benzene rings is 1. The lowest BCUT2D eigenvalue weighted by Gasteiger charge is -2.17. The largest absolute Gasteiger partial charge is 0.508 e. The zero-order valence-corrected chi connectivity index (χ0v) is 9.64. The van der Waals surface area contributed by atoms with Crippen LogP contribution in [0.1, 0.15) is 31.9 Å². The van der Waals surface area contributed by atoms with E-state index in [0.29, 0.717) is 13.0 Å². The first-order valence-corrected chi connectivity index (χ1v) is 5.47. The predicted molar refractivity (Wildman–Crippen MR) is 62.5 cm³/mol. The monoisotopic (exact) mass is 225 g/mol. The highest BCUT2D eigenvalue weighted by Gasteiger charge is 2.09. The van der Waals surface area contributed by atoms with Gasteiger partial charge in [-0.3, -0.25) is 0 Å². The van der Waals surface area contributed by atoms with Gasteiger partial charge in [0.2, 0.25) is 0 Å². The summed E-state index contributed by atoms with van der Waals surface area (Å²) in [7, 11) is 0. The SMILES string of the molecule is CCC(O)CNC(C)c1cc(O)cc(O)c1. The van der Waals surface area contributed by atoms with E-state index in [9.17, 15) is 15.3 Å². The van der Waals surface area contributed by atoms with Crippen LogP contribution < -0.4 is 5.32 Å². The first-order chi connectivity index (χ1) is 7.52. The molecule has 0 radical (unpaired) electrons. The third kappa shape index (κ3) is 3.72. The van der Waals surface area contributed by atoms with Crippen LogP contribution in [0.2, 0.25) is 0 Å². The normalized spacial score (nSPS) is 14.7. The second kappa shape index (κ2) is 5.72. The van der Waals surface area contributed by atoms with E-state index in [4.69, 9.17) is 0 Å². The third-order valence-electron chi connectivity index (χ3n) is 2.56. The second-order valence-electron chi connectivity index (χ2n) is 3.97. The molecule has 1 aromatic carbocycles. The topological polar surface area (TPSA) is 72.7 Å². The van der Waals surface area contributed by atoms with E-state index >= 15 is 0 Å². The molecule has 0 saturated heterocycles. The van der Waals surface area contributed by atoms with Crippen LogP contribution in [0, 0.1) is 0 Å². The molecule has 90 valence electrons. The van der Waals surface area contributed by atoms with Crippen molar-refractivity contribution in [3.05, 3.63) is 23.8 Å². The Balaban J connectivity index is 2.62. The molecule has 1 rings (SSSR count). The fraction of sp³-hybridized carbons (Fsp3) is 0.500. The van der Waals surface area contributed by atoms with E-state index < -0.39 is 0 Å². The van der Waals surface area contributed by atoms with E-state index in [1.807, 2.05) is 13.8 Å². The molecule has 0 saturated carbocycles. The molecule has 0 aliphatic rings. The van der Waals surface area contributed by atoms with Crippen LogP contribution in [0.4, 0.5) is 0 Å². The molecular weight excluding hydrogens is 206 g/mol. The summed E-state index contributed by atoms with van der Waals surface area (Å²) in [6.45, 7) is 4.32. The number of phenols is 2. The van der Waals surface area contributed by atoms with Crippen molar-refractivity contribution in [3.8, 4) is 11.5 Å². The van der Waals surface area contributed by atoms with E-state index in [0.717, 1.165) is 5.56 Å². The lowest BCUT2D eigenvalue weighted by molar-refractivity contribution is 0.163. The lowest BCUT2D eigenvalue weighted by Crippen LogP contribution is -2.28. The van der Waals surface area contributed by atoms with Gasteiger partial charge < -0.3 is 20.6 Å². The fourth-order valence-electron chi connectivity index (χ4n) is 1.44. The Morgan fingerprint density at radius 1 is 1.19 bits per heavy atom. The summed E-state index contributed by atoms with van der Waals surface area (Å²) >= 11 is 0. The maximum atomic E-state index is 9.40. The van der Waals surface area contributed by atoms with Gasteiger partial charge in [-0.1, -0.05) is 6.92 Å². The summed E-state index contributed by atoms with van der Waals surface area (Å²) < 4.78 is 0. The number of phenolic OH excluding ortho intramolecular Hbond substituents is 2. The van der Waals surface area contributed by atoms with Crippen molar-refractivity contribution in [2.75, 3.05) is 6.54 Å². The first-order valence-electron chi connectivity index (χ1n) is 5.47. The van der Waals surface area contributed by atoms with E-state index in [2.05, 4.69) is 5.32 Å². The summed E-state index contributed by atoms with van der Waals surface area (Å²) in [6, 6.07) is 4.45. The third-order valence-corrected chi connectivity index (χ3v) is 2.56. The van der Waals surface area contributed by atoms with Crippen molar-refractivity contribution in [2.45, 2.75) is 32.4 Å². The quantitative estimate of drug-likeness (QED) is 0.613. The number of aliphatic hydroxyl groups is 1. The Labute approximate surface area is 95.6 Å². The predicted octanol–water partition coefficient (Wildman–Crippen LogP) is 1.52. The molecule has 0 bridgehead atoms. The van der Waals surface area contributed by atoms with Crippen molar-refractivity contribution in [3.63, 3.8) is 0 Å². The van der Waals surface area contributed by atoms with Crippen LogP contribution in [-0.2, 0) is 0 Å². The van der Waals surface area contributed by atoms with Gasteiger partial charge in [-0.05, 0) is 31.0 Å². The Morgan fingerprint density at radius 2 is 1.75 bits per heavy atom. The summed E-state index contributed by atoms with van der Waals surface area (Å²) in [4.78, 5) is 0. The van der Waals surface area contributed by atoms with Crippen LogP contribution in [0.25, 0.3) is 0 Å². The zero-order valence-electron chi connectivity index (χ0n) is 9.64. The van der Waals surface area contributed by atoms with Gasteiger partial charge in [-0.15, -0.1) is 0 Å². The Bertz CT molecular complexity index is 321. The van der Waals surface area contributed by atoms with E-state index in [-0.39, 0.29) is 23.6 Å². The molecule has 0 aliphatic heterocycles. The summed E-state index contributed by atoms with van der Waals surface area (Å²) in [5.74, 6) is 0.0828. The Hall–Kier alpha value is -1.26. The molecule has 0 aliphatic carbocycles. The minimum Gasteiger partial charge on any atom is -0.508 e. The standard InChI is InChI=1S/C12H19NO3/c1-3-10(14)7-13-8(2)9-4-11(15)6-12(16)5-9/h4-6,8,10,13-16H,3,7H2,1-2H3. The van der Waals surface area contributed by atoms with Gasteiger partial charge >= 0.3 is 0 Å². The summed E-state index contributed by atoms with van der Waals surface area (Å²) in [5.41, 5.74) is 0.792. The highest BCUT2D eigenvalue weighted by atomic mass is 16.3. The smallest absolute Gasteiger partial charge is 0.119 e. The Morgan fingerprint density at radius 3 is 2.25 bits per heavy atom. The van der Waals surface area contributed by atoms with Crippen LogP contribution in [0.3, 0.4) is 0 Å². The molecule has 0 fully saturated rings. The molecule has 2 unspecified atom stereocenters.